The number of rotatable bonds is 9. The lowest BCUT2D eigenvalue weighted by molar-refractivity contribution is -0.112. The van der Waals surface area contributed by atoms with Crippen LogP contribution in [-0.2, 0) is 4.79 Å². The third-order valence-corrected chi connectivity index (χ3v) is 7.24. The van der Waals surface area contributed by atoms with E-state index < -0.39 is 0 Å². The van der Waals surface area contributed by atoms with E-state index in [9.17, 15) is 4.79 Å². The molecule has 0 amide bonds. The minimum atomic E-state index is 0.000810. The van der Waals surface area contributed by atoms with Crippen molar-refractivity contribution in [3.05, 3.63) is 184 Å². The van der Waals surface area contributed by atoms with Crippen LogP contribution in [0.2, 0.25) is 0 Å². The van der Waals surface area contributed by atoms with Crippen molar-refractivity contribution < 1.29 is 4.79 Å². The fourth-order valence-electron chi connectivity index (χ4n) is 5.67. The summed E-state index contributed by atoms with van der Waals surface area (Å²) in [6, 6.07) is 47.3. The van der Waals surface area contributed by atoms with Gasteiger partial charge in [-0.3, -0.25) is 4.79 Å². The highest BCUT2D eigenvalue weighted by molar-refractivity contribution is 5.88. The standard InChI is InChI=1S/C38H35NO/c1-27-24-34(36(30-16-8-4-9-17-30)31-18-10-5-11-19-31)38(39-28(2)26-29(3)40)35(25-27)37(32-20-12-6-13-21-32)33-22-14-7-15-23-33/h4-26,36-37,39H,1-3H3. The molecule has 0 heterocycles. The van der Waals surface area contributed by atoms with E-state index in [1.54, 1.807) is 13.0 Å². The Morgan fingerprint density at radius 1 is 0.575 bits per heavy atom. The van der Waals surface area contributed by atoms with Gasteiger partial charge in [-0.2, -0.15) is 0 Å². The first-order valence-electron chi connectivity index (χ1n) is 13.8. The second kappa shape index (κ2) is 12.4. The molecule has 0 fully saturated rings. The maximum Gasteiger partial charge on any atom is 0.154 e. The van der Waals surface area contributed by atoms with Gasteiger partial charge in [0.1, 0.15) is 0 Å². The molecule has 2 heteroatoms. The van der Waals surface area contributed by atoms with Crippen LogP contribution in [-0.4, -0.2) is 5.78 Å². The molecule has 0 bridgehead atoms. The summed E-state index contributed by atoms with van der Waals surface area (Å²) in [4.78, 5) is 12.1. The Morgan fingerprint density at radius 3 is 1.20 bits per heavy atom. The van der Waals surface area contributed by atoms with E-state index in [1.807, 2.05) is 6.92 Å². The summed E-state index contributed by atoms with van der Waals surface area (Å²) < 4.78 is 0. The minimum Gasteiger partial charge on any atom is -0.359 e. The van der Waals surface area contributed by atoms with Crippen molar-refractivity contribution in [3.63, 3.8) is 0 Å². The summed E-state index contributed by atoms with van der Waals surface area (Å²) in [7, 11) is 0. The first-order chi connectivity index (χ1) is 19.5. The highest BCUT2D eigenvalue weighted by Gasteiger charge is 2.27. The molecule has 0 aromatic heterocycles. The Bertz CT molecular complexity index is 1410. The molecule has 5 aromatic carbocycles. The molecular formula is C38H35NO. The van der Waals surface area contributed by atoms with Crippen LogP contribution in [0.25, 0.3) is 0 Å². The van der Waals surface area contributed by atoms with Crippen LogP contribution in [0.4, 0.5) is 5.69 Å². The predicted octanol–water partition coefficient (Wildman–Crippen LogP) is 9.26. The van der Waals surface area contributed by atoms with Crippen molar-refractivity contribution in [2.75, 3.05) is 5.32 Å². The normalized spacial score (nSPS) is 11.6. The number of anilines is 1. The number of carbonyl (C=O) groups is 1. The number of hydrogen-bond acceptors (Lipinski definition) is 2. The second-order valence-electron chi connectivity index (χ2n) is 10.4. The molecule has 1 N–H and O–H groups in total. The van der Waals surface area contributed by atoms with Gasteiger partial charge in [-0.15, -0.1) is 0 Å². The summed E-state index contributed by atoms with van der Waals surface area (Å²) in [5.41, 5.74) is 10.3. The van der Waals surface area contributed by atoms with Crippen molar-refractivity contribution in [1.29, 1.82) is 0 Å². The van der Waals surface area contributed by atoms with Crippen molar-refractivity contribution in [3.8, 4) is 0 Å². The lowest BCUT2D eigenvalue weighted by atomic mass is 9.78. The van der Waals surface area contributed by atoms with Gasteiger partial charge in [-0.25, -0.2) is 0 Å². The van der Waals surface area contributed by atoms with Gasteiger partial charge in [0, 0.05) is 23.2 Å². The van der Waals surface area contributed by atoms with Crippen LogP contribution in [0.1, 0.15) is 64.6 Å². The molecule has 0 unspecified atom stereocenters. The molecule has 0 radical (unpaired) electrons. The zero-order chi connectivity index (χ0) is 27.9. The van der Waals surface area contributed by atoms with Crippen LogP contribution in [0, 0.1) is 6.92 Å². The summed E-state index contributed by atoms with van der Waals surface area (Å²) in [5.74, 6) is 0.0206. The van der Waals surface area contributed by atoms with Gasteiger partial charge in [-0.1, -0.05) is 139 Å². The zero-order valence-corrected chi connectivity index (χ0v) is 23.3. The molecule has 0 aliphatic rings. The number of benzene rings is 5. The van der Waals surface area contributed by atoms with E-state index in [2.05, 4.69) is 146 Å². The number of hydrogen-bond donors (Lipinski definition) is 1. The van der Waals surface area contributed by atoms with Crippen LogP contribution in [0.15, 0.2) is 145 Å². The third kappa shape index (κ3) is 6.13. The Kier molecular flexibility index (Phi) is 8.37. The lowest BCUT2D eigenvalue weighted by Gasteiger charge is -2.29. The van der Waals surface area contributed by atoms with E-state index in [0.717, 1.165) is 11.4 Å². The van der Waals surface area contributed by atoms with Crippen LogP contribution >= 0.6 is 0 Å². The van der Waals surface area contributed by atoms with Crippen molar-refractivity contribution in [1.82, 2.24) is 0 Å². The highest BCUT2D eigenvalue weighted by atomic mass is 16.1. The van der Waals surface area contributed by atoms with E-state index in [4.69, 9.17) is 0 Å². The Labute approximate surface area is 238 Å². The minimum absolute atomic E-state index is 0.000810. The average molecular weight is 522 g/mol. The van der Waals surface area contributed by atoms with Crippen LogP contribution < -0.4 is 5.32 Å². The Balaban J connectivity index is 1.84. The van der Waals surface area contributed by atoms with E-state index in [0.29, 0.717) is 0 Å². The average Bonchev–Trinajstić information content (AvgIpc) is 2.97. The van der Waals surface area contributed by atoms with Crippen LogP contribution in [0.3, 0.4) is 0 Å². The molecule has 0 spiro atoms. The topological polar surface area (TPSA) is 29.1 Å². The molecular weight excluding hydrogens is 486 g/mol. The van der Waals surface area contributed by atoms with E-state index >= 15 is 0 Å². The largest absolute Gasteiger partial charge is 0.359 e. The molecule has 0 saturated carbocycles. The van der Waals surface area contributed by atoms with Gasteiger partial charge in [0.25, 0.3) is 0 Å². The predicted molar refractivity (Wildman–Crippen MR) is 167 cm³/mol. The lowest BCUT2D eigenvalue weighted by Crippen LogP contribution is -2.14. The van der Waals surface area contributed by atoms with Gasteiger partial charge in [0.05, 0.1) is 0 Å². The fraction of sp³-hybridized carbons (Fsp3) is 0.132. The Morgan fingerprint density at radius 2 is 0.900 bits per heavy atom. The number of ketones is 1. The van der Waals surface area contributed by atoms with Gasteiger partial charge in [0.15, 0.2) is 5.78 Å². The van der Waals surface area contributed by atoms with Gasteiger partial charge in [-0.05, 0) is 60.2 Å². The SMILES string of the molecule is CC(=O)C=C(C)Nc1c(C(c2ccccc2)c2ccccc2)cc(C)cc1C(c1ccccc1)c1ccccc1. The first kappa shape index (κ1) is 26.9. The summed E-state index contributed by atoms with van der Waals surface area (Å²) in [6.07, 6.45) is 1.67. The Hall–Kier alpha value is -4.69. The maximum absolute atomic E-state index is 12.1. The second-order valence-corrected chi connectivity index (χ2v) is 10.4. The number of allylic oxidation sites excluding steroid dienone is 2. The quantitative estimate of drug-likeness (QED) is 0.155. The monoisotopic (exact) mass is 521 g/mol. The molecule has 2 nitrogen and oxygen atoms in total. The number of aryl methyl sites for hydroxylation is 1. The van der Waals surface area contributed by atoms with E-state index in [-0.39, 0.29) is 17.6 Å². The first-order valence-corrected chi connectivity index (χ1v) is 13.8. The molecule has 0 saturated heterocycles. The van der Waals surface area contributed by atoms with Crippen molar-refractivity contribution in [2.24, 2.45) is 0 Å². The summed E-state index contributed by atoms with van der Waals surface area (Å²) >= 11 is 0. The van der Waals surface area contributed by atoms with E-state index in [1.165, 1.54) is 38.9 Å². The van der Waals surface area contributed by atoms with Crippen LogP contribution in [0.5, 0.6) is 0 Å². The maximum atomic E-state index is 12.1. The van der Waals surface area contributed by atoms with Gasteiger partial charge in [0.2, 0.25) is 0 Å². The summed E-state index contributed by atoms with van der Waals surface area (Å²) in [6.45, 7) is 5.74. The smallest absolute Gasteiger partial charge is 0.154 e. The molecule has 0 aliphatic carbocycles. The van der Waals surface area contributed by atoms with Crippen molar-refractivity contribution in [2.45, 2.75) is 32.6 Å². The number of carbonyl (C=O) groups excluding carboxylic acids is 1. The molecule has 0 atom stereocenters. The fourth-order valence-corrected chi connectivity index (χ4v) is 5.67. The number of nitrogens with one attached hydrogen (secondary N) is 1. The molecule has 0 aliphatic heterocycles. The molecule has 198 valence electrons. The highest BCUT2D eigenvalue weighted by Crippen LogP contribution is 2.44. The third-order valence-electron chi connectivity index (χ3n) is 7.24. The molecule has 5 rings (SSSR count). The molecule has 40 heavy (non-hydrogen) atoms. The zero-order valence-electron chi connectivity index (χ0n) is 23.3. The van der Waals surface area contributed by atoms with Gasteiger partial charge < -0.3 is 5.32 Å². The summed E-state index contributed by atoms with van der Waals surface area (Å²) in [5, 5.41) is 3.72. The molecule has 5 aromatic rings. The van der Waals surface area contributed by atoms with Crippen molar-refractivity contribution >= 4 is 11.5 Å². The van der Waals surface area contributed by atoms with Gasteiger partial charge >= 0.3 is 0 Å².